The summed E-state index contributed by atoms with van der Waals surface area (Å²) in [5.74, 6) is 3.51. The Morgan fingerprint density at radius 1 is 0.234 bits per heavy atom. The molecule has 12 aromatic carbocycles. The quantitative estimate of drug-likeness (QED) is 0.166. The van der Waals surface area contributed by atoms with Crippen molar-refractivity contribution in [3.8, 4) is 78.6 Å². The number of ether oxygens (including phenoxy) is 2. The van der Waals surface area contributed by atoms with E-state index in [2.05, 4.69) is 290 Å². The SMILES string of the molecule is c1ccc(-c2cccc(-c3ccc(N(c4ccccc4-c4cccc5c4-c4ccccc4C54c5ccccc5Oc5ccccc54)c4cccc5c4-c4ccccc4C54c5ccccc5Oc5ccccc54)cc3)c2)cc1. The van der Waals surface area contributed by atoms with Crippen LogP contribution in [0.15, 0.2) is 285 Å². The van der Waals surface area contributed by atoms with Crippen molar-refractivity contribution in [3.63, 3.8) is 0 Å². The number of rotatable bonds is 6. The molecular weight excluding hydrogens is 935 g/mol. The average molecular weight is 982 g/mol. The monoisotopic (exact) mass is 981 g/mol. The largest absolute Gasteiger partial charge is 0.457 e. The Hall–Kier alpha value is -9.96. The van der Waals surface area contributed by atoms with Gasteiger partial charge in [0.2, 0.25) is 0 Å². The zero-order valence-electron chi connectivity index (χ0n) is 41.9. The van der Waals surface area contributed by atoms with E-state index in [-0.39, 0.29) is 0 Å². The number of anilines is 3. The molecule has 0 amide bonds. The molecule has 0 bridgehead atoms. The molecule has 2 aliphatic carbocycles. The first-order valence-corrected chi connectivity index (χ1v) is 26.6. The van der Waals surface area contributed by atoms with Crippen molar-refractivity contribution in [2.45, 2.75) is 10.8 Å². The normalized spacial score (nSPS) is 13.9. The lowest BCUT2D eigenvalue weighted by molar-refractivity contribution is 0.436. The zero-order chi connectivity index (χ0) is 50.7. The first kappa shape index (κ1) is 43.4. The minimum Gasteiger partial charge on any atom is -0.457 e. The van der Waals surface area contributed by atoms with Gasteiger partial charge in [-0.2, -0.15) is 0 Å². The molecule has 16 rings (SSSR count). The number of benzene rings is 12. The molecule has 0 saturated heterocycles. The number of hydrogen-bond acceptors (Lipinski definition) is 3. The average Bonchev–Trinajstić information content (AvgIpc) is 4.20. The molecule has 2 spiro atoms. The second kappa shape index (κ2) is 16.8. The van der Waals surface area contributed by atoms with Crippen molar-refractivity contribution in [1.82, 2.24) is 0 Å². The summed E-state index contributed by atoms with van der Waals surface area (Å²) in [6.45, 7) is 0. The van der Waals surface area contributed by atoms with E-state index in [9.17, 15) is 0 Å². The Kier molecular flexibility index (Phi) is 9.47. The number of hydrogen-bond donors (Lipinski definition) is 0. The van der Waals surface area contributed by atoms with Gasteiger partial charge >= 0.3 is 0 Å². The number of nitrogens with zero attached hydrogens (tertiary/aromatic N) is 1. The smallest absolute Gasteiger partial charge is 0.132 e. The topological polar surface area (TPSA) is 21.7 Å². The van der Waals surface area contributed by atoms with E-state index in [1.165, 1.54) is 66.8 Å². The van der Waals surface area contributed by atoms with Crippen LogP contribution in [0.2, 0.25) is 0 Å². The van der Waals surface area contributed by atoms with Gasteiger partial charge in [-0.25, -0.2) is 0 Å². The Labute approximate surface area is 448 Å². The molecule has 360 valence electrons. The fourth-order valence-electron chi connectivity index (χ4n) is 13.8. The predicted molar refractivity (Wildman–Crippen MR) is 312 cm³/mol. The molecule has 3 nitrogen and oxygen atoms in total. The van der Waals surface area contributed by atoms with Gasteiger partial charge in [0.1, 0.15) is 23.0 Å². The first-order valence-electron chi connectivity index (χ1n) is 26.6. The summed E-state index contributed by atoms with van der Waals surface area (Å²) >= 11 is 0. The maximum Gasteiger partial charge on any atom is 0.132 e. The number of para-hydroxylation sites is 5. The highest BCUT2D eigenvalue weighted by atomic mass is 16.5. The third-order valence-corrected chi connectivity index (χ3v) is 16.8. The van der Waals surface area contributed by atoms with E-state index in [0.29, 0.717) is 0 Å². The molecule has 0 fully saturated rings. The Balaban J connectivity index is 0.956. The van der Waals surface area contributed by atoms with Crippen molar-refractivity contribution in [1.29, 1.82) is 0 Å². The van der Waals surface area contributed by atoms with Gasteiger partial charge < -0.3 is 14.4 Å². The second-order valence-electron chi connectivity index (χ2n) is 20.6. The predicted octanol–water partition coefficient (Wildman–Crippen LogP) is 19.1. The Bertz CT molecular complexity index is 4270. The highest BCUT2D eigenvalue weighted by Crippen LogP contribution is 2.66. The van der Waals surface area contributed by atoms with E-state index >= 15 is 0 Å². The zero-order valence-corrected chi connectivity index (χ0v) is 41.9. The Morgan fingerprint density at radius 2 is 0.597 bits per heavy atom. The molecule has 0 N–H and O–H groups in total. The Morgan fingerprint density at radius 3 is 1.16 bits per heavy atom. The molecule has 0 radical (unpaired) electrons. The third-order valence-electron chi connectivity index (χ3n) is 16.8. The van der Waals surface area contributed by atoms with Crippen LogP contribution in [-0.4, -0.2) is 0 Å². The van der Waals surface area contributed by atoms with Crippen LogP contribution in [0.1, 0.15) is 44.5 Å². The molecule has 12 aromatic rings. The van der Waals surface area contributed by atoms with Crippen molar-refractivity contribution in [2.75, 3.05) is 4.90 Å². The lowest BCUT2D eigenvalue weighted by atomic mass is 9.66. The van der Waals surface area contributed by atoms with Crippen LogP contribution in [0.5, 0.6) is 23.0 Å². The molecular formula is C74H47NO2. The maximum atomic E-state index is 6.78. The van der Waals surface area contributed by atoms with E-state index in [1.54, 1.807) is 0 Å². The van der Waals surface area contributed by atoms with E-state index in [4.69, 9.17) is 9.47 Å². The van der Waals surface area contributed by atoms with Crippen LogP contribution >= 0.6 is 0 Å². The van der Waals surface area contributed by atoms with Gasteiger partial charge in [-0.05, 0) is 121 Å². The lowest BCUT2D eigenvalue weighted by Gasteiger charge is -2.39. The van der Waals surface area contributed by atoms with Crippen LogP contribution < -0.4 is 14.4 Å². The summed E-state index contributed by atoms with van der Waals surface area (Å²) in [6.07, 6.45) is 0. The first-order chi connectivity index (χ1) is 38.2. The molecule has 0 saturated carbocycles. The summed E-state index contributed by atoms with van der Waals surface area (Å²) in [6, 6.07) is 104. The molecule has 0 atom stereocenters. The molecule has 4 aliphatic rings. The van der Waals surface area contributed by atoms with Crippen LogP contribution in [0.25, 0.3) is 55.6 Å². The molecule has 0 aromatic heterocycles. The third kappa shape index (κ3) is 6.08. The van der Waals surface area contributed by atoms with Crippen molar-refractivity contribution < 1.29 is 9.47 Å². The summed E-state index contributed by atoms with van der Waals surface area (Å²) in [7, 11) is 0. The molecule has 0 unspecified atom stereocenters. The van der Waals surface area contributed by atoms with Gasteiger partial charge in [0.05, 0.1) is 22.2 Å². The van der Waals surface area contributed by atoms with Crippen LogP contribution in [0, 0.1) is 0 Å². The van der Waals surface area contributed by atoms with Gasteiger partial charge in [0.15, 0.2) is 0 Å². The second-order valence-corrected chi connectivity index (χ2v) is 20.6. The minimum atomic E-state index is -0.638. The standard InChI is InChI=1S/C74H47NO2/c1-2-21-48(22-3-1)50-23-18-24-51(47-50)49-43-45-52(46-44-49)75(66-38-20-36-64-72(66)56-27-5-8-30-58(56)74(64)61-33-11-16-41-69(61)77-70-42-17-12-34-62(70)74)65-37-13-6-25-53(65)54-28-19-35-63-71(54)55-26-4-7-29-57(55)73(63)59-31-9-14-39-67(59)76-68-40-15-10-32-60(68)73/h1-47H. The van der Waals surface area contributed by atoms with Gasteiger partial charge in [-0.3, -0.25) is 0 Å². The summed E-state index contributed by atoms with van der Waals surface area (Å²) in [5.41, 5.74) is 23.4. The fourth-order valence-corrected chi connectivity index (χ4v) is 13.8. The lowest BCUT2D eigenvalue weighted by Crippen LogP contribution is -2.32. The maximum absolute atomic E-state index is 6.78. The molecule has 3 heteroatoms. The minimum absolute atomic E-state index is 0.607. The van der Waals surface area contributed by atoms with Gasteiger partial charge in [-0.15, -0.1) is 0 Å². The molecule has 2 heterocycles. The fraction of sp³-hybridized carbons (Fsp3) is 0.0270. The molecule has 77 heavy (non-hydrogen) atoms. The number of fused-ring (bicyclic) bond motifs is 18. The van der Waals surface area contributed by atoms with Gasteiger partial charge in [0.25, 0.3) is 0 Å². The van der Waals surface area contributed by atoms with Crippen LogP contribution in [0.3, 0.4) is 0 Å². The van der Waals surface area contributed by atoms with E-state index in [0.717, 1.165) is 73.4 Å². The van der Waals surface area contributed by atoms with Gasteiger partial charge in [0, 0.05) is 39.1 Å². The van der Waals surface area contributed by atoms with E-state index in [1.807, 2.05) is 0 Å². The van der Waals surface area contributed by atoms with Crippen molar-refractivity contribution in [2.24, 2.45) is 0 Å². The van der Waals surface area contributed by atoms with Crippen LogP contribution in [-0.2, 0) is 10.8 Å². The molecule has 2 aliphatic heterocycles. The van der Waals surface area contributed by atoms with Crippen molar-refractivity contribution >= 4 is 17.1 Å². The van der Waals surface area contributed by atoms with Crippen molar-refractivity contribution in [3.05, 3.63) is 330 Å². The highest BCUT2D eigenvalue weighted by molar-refractivity contribution is 6.04. The summed E-state index contributed by atoms with van der Waals surface area (Å²) in [4.78, 5) is 2.53. The highest BCUT2D eigenvalue weighted by Gasteiger charge is 2.53. The van der Waals surface area contributed by atoms with E-state index < -0.39 is 10.8 Å². The van der Waals surface area contributed by atoms with Crippen LogP contribution in [0.4, 0.5) is 17.1 Å². The van der Waals surface area contributed by atoms with Gasteiger partial charge in [-0.1, -0.05) is 231 Å². The summed E-state index contributed by atoms with van der Waals surface area (Å²) in [5, 5.41) is 0. The summed E-state index contributed by atoms with van der Waals surface area (Å²) < 4.78 is 13.5.